The van der Waals surface area contributed by atoms with Crippen molar-refractivity contribution in [3.8, 4) is 0 Å². The van der Waals surface area contributed by atoms with Crippen molar-refractivity contribution < 1.29 is 14.3 Å². The topological polar surface area (TPSA) is 67.4 Å². The molecule has 0 aliphatic heterocycles. The molecule has 0 fully saturated rings. The average Bonchev–Trinajstić information content (AvgIpc) is 2.82. The van der Waals surface area contributed by atoms with Gasteiger partial charge in [-0.3, -0.25) is 9.59 Å². The number of methoxy groups -OCH3 is 1. The van der Waals surface area contributed by atoms with Gasteiger partial charge in [-0.15, -0.1) is 11.3 Å². The molecule has 17 heavy (non-hydrogen) atoms. The number of carbonyl (C=O) groups excluding carboxylic acids is 2. The Morgan fingerprint density at radius 3 is 2.88 bits per heavy atom. The van der Waals surface area contributed by atoms with Gasteiger partial charge in [-0.2, -0.15) is 0 Å². The molecule has 0 saturated carbocycles. The Morgan fingerprint density at radius 2 is 2.29 bits per heavy atom. The Kier molecular flexibility index (Phi) is 5.65. The lowest BCUT2D eigenvalue weighted by Crippen LogP contribution is -2.45. The van der Waals surface area contributed by atoms with Crippen molar-refractivity contribution in [3.63, 3.8) is 0 Å². The van der Waals surface area contributed by atoms with Crippen LogP contribution in [0.15, 0.2) is 17.5 Å². The molecular weight excluding hydrogens is 240 g/mol. The summed E-state index contributed by atoms with van der Waals surface area (Å²) in [5.41, 5.74) is 0. The Balaban J connectivity index is 2.35. The number of nitrogens with one attached hydrogen (secondary N) is 2. The largest absolute Gasteiger partial charge is 0.383 e. The summed E-state index contributed by atoms with van der Waals surface area (Å²) in [6, 6.07) is 2.96. The van der Waals surface area contributed by atoms with Gasteiger partial charge in [0, 0.05) is 13.7 Å². The highest BCUT2D eigenvalue weighted by Gasteiger charge is 2.16. The summed E-state index contributed by atoms with van der Waals surface area (Å²) in [4.78, 5) is 23.8. The third kappa shape index (κ3) is 4.54. The first-order valence-electron chi connectivity index (χ1n) is 5.26. The summed E-state index contributed by atoms with van der Waals surface area (Å²) in [6.45, 7) is 2.54. The van der Waals surface area contributed by atoms with E-state index >= 15 is 0 Å². The van der Waals surface area contributed by atoms with Crippen LogP contribution in [0.1, 0.15) is 16.6 Å². The minimum absolute atomic E-state index is 0.216. The molecule has 0 radical (unpaired) electrons. The third-order valence-electron chi connectivity index (χ3n) is 2.09. The van der Waals surface area contributed by atoms with Gasteiger partial charge in [0.2, 0.25) is 5.91 Å². The molecular formula is C11H16N2O3S. The second-order valence-corrected chi connectivity index (χ2v) is 4.40. The molecule has 0 bridgehead atoms. The highest BCUT2D eigenvalue weighted by molar-refractivity contribution is 7.12. The highest BCUT2D eigenvalue weighted by atomic mass is 32.1. The van der Waals surface area contributed by atoms with E-state index in [2.05, 4.69) is 10.6 Å². The van der Waals surface area contributed by atoms with Crippen LogP contribution in [0.2, 0.25) is 0 Å². The smallest absolute Gasteiger partial charge is 0.261 e. The first kappa shape index (κ1) is 13.7. The third-order valence-corrected chi connectivity index (χ3v) is 2.96. The van der Waals surface area contributed by atoms with Gasteiger partial charge in [0.15, 0.2) is 0 Å². The summed E-state index contributed by atoms with van der Waals surface area (Å²) < 4.78 is 4.81. The molecule has 0 aliphatic rings. The SMILES string of the molecule is COCCNC(=O)C(C)NC(=O)c1cccs1. The van der Waals surface area contributed by atoms with Crippen molar-refractivity contribution in [1.82, 2.24) is 10.6 Å². The number of thiophene rings is 1. The maximum absolute atomic E-state index is 11.6. The fourth-order valence-corrected chi connectivity index (χ4v) is 1.80. The Morgan fingerprint density at radius 1 is 1.53 bits per heavy atom. The lowest BCUT2D eigenvalue weighted by atomic mass is 10.3. The number of carbonyl (C=O) groups is 2. The quantitative estimate of drug-likeness (QED) is 0.734. The standard InChI is InChI=1S/C11H16N2O3S/c1-8(10(14)12-5-6-16-2)13-11(15)9-4-3-7-17-9/h3-4,7-8H,5-6H2,1-2H3,(H,12,14)(H,13,15). The second kappa shape index (κ2) is 7.03. The summed E-state index contributed by atoms with van der Waals surface area (Å²) in [6.07, 6.45) is 0. The molecule has 2 N–H and O–H groups in total. The van der Waals surface area contributed by atoms with Gasteiger partial charge in [0.1, 0.15) is 6.04 Å². The monoisotopic (exact) mass is 256 g/mol. The van der Waals surface area contributed by atoms with Gasteiger partial charge in [-0.25, -0.2) is 0 Å². The molecule has 1 atom stereocenters. The van der Waals surface area contributed by atoms with E-state index in [1.807, 2.05) is 5.38 Å². The number of amides is 2. The van der Waals surface area contributed by atoms with Crippen LogP contribution < -0.4 is 10.6 Å². The van der Waals surface area contributed by atoms with Crippen molar-refractivity contribution in [2.45, 2.75) is 13.0 Å². The Bertz CT molecular complexity index is 365. The zero-order valence-corrected chi connectivity index (χ0v) is 10.7. The van der Waals surface area contributed by atoms with Crippen LogP contribution in [0.4, 0.5) is 0 Å². The molecule has 0 aromatic carbocycles. The van der Waals surface area contributed by atoms with Crippen molar-refractivity contribution in [2.24, 2.45) is 0 Å². The van der Waals surface area contributed by atoms with E-state index in [1.54, 1.807) is 26.2 Å². The van der Waals surface area contributed by atoms with E-state index in [-0.39, 0.29) is 11.8 Å². The lowest BCUT2D eigenvalue weighted by Gasteiger charge is -2.13. The molecule has 5 nitrogen and oxygen atoms in total. The molecule has 0 aliphatic carbocycles. The van der Waals surface area contributed by atoms with E-state index in [0.717, 1.165) is 0 Å². The van der Waals surface area contributed by atoms with Gasteiger partial charge in [0.05, 0.1) is 11.5 Å². The molecule has 1 aromatic heterocycles. The molecule has 1 heterocycles. The average molecular weight is 256 g/mol. The van der Waals surface area contributed by atoms with Crippen LogP contribution in [0.3, 0.4) is 0 Å². The summed E-state index contributed by atoms with van der Waals surface area (Å²) in [7, 11) is 1.56. The molecule has 0 saturated heterocycles. The maximum atomic E-state index is 11.6. The highest BCUT2D eigenvalue weighted by Crippen LogP contribution is 2.07. The van der Waals surface area contributed by atoms with Crippen molar-refractivity contribution in [1.29, 1.82) is 0 Å². The Hall–Kier alpha value is -1.40. The minimum Gasteiger partial charge on any atom is -0.383 e. The molecule has 0 spiro atoms. The van der Waals surface area contributed by atoms with E-state index < -0.39 is 6.04 Å². The number of hydrogen-bond acceptors (Lipinski definition) is 4. The first-order valence-corrected chi connectivity index (χ1v) is 6.14. The van der Waals surface area contributed by atoms with Crippen LogP contribution in [0, 0.1) is 0 Å². The summed E-state index contributed by atoms with van der Waals surface area (Å²) in [5.74, 6) is -0.443. The zero-order valence-electron chi connectivity index (χ0n) is 9.86. The van der Waals surface area contributed by atoms with E-state index in [9.17, 15) is 9.59 Å². The van der Waals surface area contributed by atoms with Crippen LogP contribution in [0.25, 0.3) is 0 Å². The van der Waals surface area contributed by atoms with Crippen molar-refractivity contribution in [2.75, 3.05) is 20.3 Å². The zero-order chi connectivity index (χ0) is 12.7. The van der Waals surface area contributed by atoms with Gasteiger partial charge >= 0.3 is 0 Å². The van der Waals surface area contributed by atoms with Gasteiger partial charge in [-0.1, -0.05) is 6.07 Å². The second-order valence-electron chi connectivity index (χ2n) is 3.46. The first-order chi connectivity index (χ1) is 8.15. The molecule has 1 rings (SSSR count). The van der Waals surface area contributed by atoms with Crippen LogP contribution >= 0.6 is 11.3 Å². The summed E-state index contributed by atoms with van der Waals surface area (Å²) >= 11 is 1.34. The van der Waals surface area contributed by atoms with Gasteiger partial charge < -0.3 is 15.4 Å². The normalized spacial score (nSPS) is 11.9. The maximum Gasteiger partial charge on any atom is 0.261 e. The van der Waals surface area contributed by atoms with Gasteiger partial charge in [-0.05, 0) is 18.4 Å². The molecule has 1 aromatic rings. The fraction of sp³-hybridized carbons (Fsp3) is 0.455. The fourth-order valence-electron chi connectivity index (χ4n) is 1.17. The van der Waals surface area contributed by atoms with E-state index in [1.165, 1.54) is 11.3 Å². The predicted octanol–water partition coefficient (Wildman–Crippen LogP) is 0.629. The van der Waals surface area contributed by atoms with E-state index in [0.29, 0.717) is 18.0 Å². The lowest BCUT2D eigenvalue weighted by molar-refractivity contribution is -0.122. The van der Waals surface area contributed by atoms with Crippen LogP contribution in [-0.4, -0.2) is 38.1 Å². The van der Waals surface area contributed by atoms with E-state index in [4.69, 9.17) is 4.74 Å². The number of rotatable bonds is 6. The minimum atomic E-state index is -0.554. The molecule has 94 valence electrons. The number of ether oxygens (including phenoxy) is 1. The predicted molar refractivity (Wildman–Crippen MR) is 66.1 cm³/mol. The molecule has 6 heteroatoms. The van der Waals surface area contributed by atoms with Gasteiger partial charge in [0.25, 0.3) is 5.91 Å². The summed E-state index contributed by atoms with van der Waals surface area (Å²) in [5, 5.41) is 7.10. The van der Waals surface area contributed by atoms with Crippen LogP contribution in [0.5, 0.6) is 0 Å². The van der Waals surface area contributed by atoms with Crippen molar-refractivity contribution >= 4 is 23.2 Å². The van der Waals surface area contributed by atoms with Crippen LogP contribution in [-0.2, 0) is 9.53 Å². The number of hydrogen-bond donors (Lipinski definition) is 2. The van der Waals surface area contributed by atoms with Crippen molar-refractivity contribution in [3.05, 3.63) is 22.4 Å². The molecule has 1 unspecified atom stereocenters. The molecule has 2 amide bonds. The Labute approximate surface area is 104 Å².